The molecule has 5 rings (SSSR count). The standard InChI is InChI=1S/C30H25NO6/c1-16-21-14-23-25(19-10-6-4-7-11-19)18(3)36-28(23)17(2)27(21)37-30(35)22(16)15-24(32)31-26(29(33)34)20-12-8-5-9-13-20/h4-14,26H,15H2,1-3H3,(H,31,32)(H,33,34)/p-1/t26-/m1/s1. The topological polar surface area (TPSA) is 113 Å². The number of fused-ring (bicyclic) bond motifs is 2. The van der Waals surface area contributed by atoms with Gasteiger partial charge in [0, 0.05) is 21.9 Å². The van der Waals surface area contributed by atoms with Crippen LogP contribution in [0.25, 0.3) is 33.1 Å². The zero-order valence-electron chi connectivity index (χ0n) is 20.6. The van der Waals surface area contributed by atoms with Crippen molar-refractivity contribution in [2.75, 3.05) is 0 Å². The number of nitrogens with one attached hydrogen (secondary N) is 1. The lowest BCUT2D eigenvalue weighted by Crippen LogP contribution is -2.42. The molecule has 7 nitrogen and oxygen atoms in total. The van der Waals surface area contributed by atoms with E-state index in [-0.39, 0.29) is 12.0 Å². The lowest BCUT2D eigenvalue weighted by molar-refractivity contribution is -0.308. The average molecular weight is 495 g/mol. The molecule has 0 aliphatic carbocycles. The van der Waals surface area contributed by atoms with Crippen LogP contribution in [0.15, 0.2) is 80.4 Å². The van der Waals surface area contributed by atoms with E-state index in [0.717, 1.165) is 22.3 Å². The predicted octanol–water partition coefficient (Wildman–Crippen LogP) is 4.28. The Hall–Kier alpha value is -4.65. The van der Waals surface area contributed by atoms with Gasteiger partial charge < -0.3 is 24.1 Å². The van der Waals surface area contributed by atoms with Crippen LogP contribution in [0, 0.1) is 20.8 Å². The van der Waals surface area contributed by atoms with E-state index in [1.165, 1.54) is 0 Å². The maximum Gasteiger partial charge on any atom is 0.340 e. The zero-order chi connectivity index (χ0) is 26.3. The van der Waals surface area contributed by atoms with Gasteiger partial charge in [0.1, 0.15) is 16.9 Å². The van der Waals surface area contributed by atoms with Crippen molar-refractivity contribution in [1.29, 1.82) is 0 Å². The van der Waals surface area contributed by atoms with Crippen LogP contribution in [0.2, 0.25) is 0 Å². The summed E-state index contributed by atoms with van der Waals surface area (Å²) in [4.78, 5) is 37.5. The van der Waals surface area contributed by atoms with Gasteiger partial charge in [0.2, 0.25) is 5.91 Å². The molecule has 1 atom stereocenters. The van der Waals surface area contributed by atoms with Crippen molar-refractivity contribution in [3.63, 3.8) is 0 Å². The van der Waals surface area contributed by atoms with Crippen LogP contribution in [-0.4, -0.2) is 11.9 Å². The highest BCUT2D eigenvalue weighted by molar-refractivity contribution is 6.06. The fourth-order valence-corrected chi connectivity index (χ4v) is 4.84. The highest BCUT2D eigenvalue weighted by Gasteiger charge is 2.23. The number of aliphatic carboxylic acids is 1. The summed E-state index contributed by atoms with van der Waals surface area (Å²) in [5, 5.41) is 15.7. The molecule has 3 aromatic carbocycles. The van der Waals surface area contributed by atoms with Crippen LogP contribution in [0.3, 0.4) is 0 Å². The lowest BCUT2D eigenvalue weighted by atomic mass is 9.96. The van der Waals surface area contributed by atoms with Gasteiger partial charge in [-0.2, -0.15) is 0 Å². The summed E-state index contributed by atoms with van der Waals surface area (Å²) >= 11 is 0. The number of rotatable bonds is 6. The van der Waals surface area contributed by atoms with Gasteiger partial charge in [-0.1, -0.05) is 60.7 Å². The fourth-order valence-electron chi connectivity index (χ4n) is 4.84. The molecule has 0 spiro atoms. The van der Waals surface area contributed by atoms with Gasteiger partial charge in [-0.3, -0.25) is 4.79 Å². The molecule has 0 saturated carbocycles. The molecule has 1 amide bonds. The Balaban J connectivity index is 1.58. The van der Waals surface area contributed by atoms with Crippen LogP contribution < -0.4 is 16.0 Å². The molecule has 186 valence electrons. The highest BCUT2D eigenvalue weighted by atomic mass is 16.4. The summed E-state index contributed by atoms with van der Waals surface area (Å²) in [5.41, 5.74) is 4.14. The Kier molecular flexibility index (Phi) is 6.13. The molecule has 0 saturated heterocycles. The molecule has 0 radical (unpaired) electrons. The van der Waals surface area contributed by atoms with Crippen LogP contribution >= 0.6 is 0 Å². The molecule has 0 bridgehead atoms. The SMILES string of the molecule is Cc1oc2c(C)c3oc(=O)c(CC(=O)N[C@@H](C(=O)[O-])c4ccccc4)c(C)c3cc2c1-c1ccccc1. The van der Waals surface area contributed by atoms with E-state index >= 15 is 0 Å². The zero-order valence-corrected chi connectivity index (χ0v) is 20.6. The van der Waals surface area contributed by atoms with Crippen LogP contribution in [0.5, 0.6) is 0 Å². The molecular weight excluding hydrogens is 470 g/mol. The molecule has 0 aliphatic heterocycles. The van der Waals surface area contributed by atoms with Gasteiger partial charge in [-0.05, 0) is 43.5 Å². The first-order chi connectivity index (χ1) is 17.8. The maximum atomic E-state index is 13.0. The molecule has 1 N–H and O–H groups in total. The summed E-state index contributed by atoms with van der Waals surface area (Å²) in [6.07, 6.45) is -0.340. The first kappa shape index (κ1) is 24.1. The summed E-state index contributed by atoms with van der Waals surface area (Å²) < 4.78 is 11.8. The molecular formula is C30H24NO6-. The van der Waals surface area contributed by atoms with E-state index in [1.54, 1.807) is 37.3 Å². The van der Waals surface area contributed by atoms with Gasteiger partial charge in [0.05, 0.1) is 24.0 Å². The number of carbonyl (C=O) groups excluding carboxylic acids is 2. The van der Waals surface area contributed by atoms with Crippen molar-refractivity contribution < 1.29 is 23.5 Å². The number of carbonyl (C=O) groups is 2. The fraction of sp³-hybridized carbons (Fsp3) is 0.167. The predicted molar refractivity (Wildman–Crippen MR) is 138 cm³/mol. The van der Waals surface area contributed by atoms with E-state index < -0.39 is 23.5 Å². The second kappa shape index (κ2) is 9.43. The summed E-state index contributed by atoms with van der Waals surface area (Å²) in [7, 11) is 0. The van der Waals surface area contributed by atoms with Crippen molar-refractivity contribution in [1.82, 2.24) is 5.32 Å². The van der Waals surface area contributed by atoms with E-state index in [9.17, 15) is 19.5 Å². The van der Waals surface area contributed by atoms with Crippen molar-refractivity contribution in [2.45, 2.75) is 33.2 Å². The highest BCUT2D eigenvalue weighted by Crippen LogP contribution is 2.39. The normalized spacial score (nSPS) is 12.1. The van der Waals surface area contributed by atoms with E-state index in [4.69, 9.17) is 8.83 Å². The first-order valence-electron chi connectivity index (χ1n) is 11.9. The minimum absolute atomic E-state index is 0.162. The second-order valence-corrected chi connectivity index (χ2v) is 9.05. The number of benzene rings is 3. The number of carboxylic acid groups (broad SMARTS) is 1. The third-order valence-electron chi connectivity index (χ3n) is 6.71. The Labute approximate surface area is 212 Å². The molecule has 2 heterocycles. The molecule has 2 aromatic heterocycles. The van der Waals surface area contributed by atoms with E-state index in [0.29, 0.717) is 33.2 Å². The van der Waals surface area contributed by atoms with E-state index in [1.807, 2.05) is 50.2 Å². The maximum absolute atomic E-state index is 13.0. The van der Waals surface area contributed by atoms with Crippen LogP contribution in [0.4, 0.5) is 0 Å². The van der Waals surface area contributed by atoms with Crippen molar-refractivity contribution in [3.05, 3.63) is 105 Å². The Morgan fingerprint density at radius 1 is 0.865 bits per heavy atom. The third-order valence-corrected chi connectivity index (χ3v) is 6.71. The molecule has 7 heteroatoms. The first-order valence-corrected chi connectivity index (χ1v) is 11.9. The Bertz CT molecular complexity index is 1710. The number of furan rings is 1. The van der Waals surface area contributed by atoms with Gasteiger partial charge in [-0.25, -0.2) is 4.79 Å². The second-order valence-electron chi connectivity index (χ2n) is 9.05. The number of carboxylic acids is 1. The minimum Gasteiger partial charge on any atom is -0.548 e. The summed E-state index contributed by atoms with van der Waals surface area (Å²) in [5.74, 6) is -1.33. The number of hydrogen-bond acceptors (Lipinski definition) is 6. The molecule has 0 fully saturated rings. The number of amides is 1. The molecule has 5 aromatic rings. The van der Waals surface area contributed by atoms with Gasteiger partial charge in [-0.15, -0.1) is 0 Å². The van der Waals surface area contributed by atoms with Crippen molar-refractivity contribution in [3.8, 4) is 11.1 Å². The Morgan fingerprint density at radius 3 is 2.14 bits per heavy atom. The monoisotopic (exact) mass is 494 g/mol. The lowest BCUT2D eigenvalue weighted by Gasteiger charge is -2.20. The quantitative estimate of drug-likeness (QED) is 0.353. The smallest absolute Gasteiger partial charge is 0.340 e. The average Bonchev–Trinajstić information content (AvgIpc) is 3.23. The number of hydrogen-bond donors (Lipinski definition) is 1. The Morgan fingerprint density at radius 2 is 1.49 bits per heavy atom. The van der Waals surface area contributed by atoms with Crippen molar-refractivity contribution in [2.24, 2.45) is 0 Å². The van der Waals surface area contributed by atoms with Crippen LogP contribution in [-0.2, 0) is 16.0 Å². The summed E-state index contributed by atoms with van der Waals surface area (Å²) in [6.45, 7) is 5.49. The molecule has 37 heavy (non-hydrogen) atoms. The van der Waals surface area contributed by atoms with Gasteiger partial charge in [0.15, 0.2) is 0 Å². The molecule has 0 aliphatic rings. The molecule has 0 unspecified atom stereocenters. The van der Waals surface area contributed by atoms with E-state index in [2.05, 4.69) is 5.32 Å². The van der Waals surface area contributed by atoms with Gasteiger partial charge in [0.25, 0.3) is 0 Å². The minimum atomic E-state index is -1.44. The largest absolute Gasteiger partial charge is 0.548 e. The van der Waals surface area contributed by atoms with Crippen molar-refractivity contribution >= 4 is 33.8 Å². The van der Waals surface area contributed by atoms with Gasteiger partial charge >= 0.3 is 5.63 Å². The summed E-state index contributed by atoms with van der Waals surface area (Å²) in [6, 6.07) is 18.7. The third kappa shape index (κ3) is 4.29. The van der Waals surface area contributed by atoms with Crippen LogP contribution in [0.1, 0.15) is 34.1 Å². The number of aryl methyl sites for hydroxylation is 3.